The smallest absolute Gasteiger partial charge is 0.254 e. The summed E-state index contributed by atoms with van der Waals surface area (Å²) < 4.78 is 0. The summed E-state index contributed by atoms with van der Waals surface area (Å²) in [6.07, 6.45) is 6.42. The van der Waals surface area contributed by atoms with Crippen LogP contribution < -0.4 is 16.0 Å². The molecule has 2 saturated heterocycles. The summed E-state index contributed by atoms with van der Waals surface area (Å²) >= 11 is 12.6. The number of quaternary nitrogens is 1. The van der Waals surface area contributed by atoms with E-state index in [-0.39, 0.29) is 11.7 Å². The van der Waals surface area contributed by atoms with Crippen LogP contribution in [-0.2, 0) is 6.54 Å². The quantitative estimate of drug-likeness (QED) is 0.434. The molecule has 0 spiro atoms. The topological polar surface area (TPSA) is 88.6 Å². The number of benzene rings is 2. The van der Waals surface area contributed by atoms with Gasteiger partial charge in [-0.05, 0) is 37.1 Å². The fourth-order valence-electron chi connectivity index (χ4n) is 5.22. The summed E-state index contributed by atoms with van der Waals surface area (Å²) in [6.45, 7) is 4.74. The summed E-state index contributed by atoms with van der Waals surface area (Å²) in [6, 6.07) is 13.3. The Hall–Kier alpha value is -2.87. The number of rotatable bonds is 7. The predicted molar refractivity (Wildman–Crippen MR) is 145 cm³/mol. The van der Waals surface area contributed by atoms with Gasteiger partial charge in [0.2, 0.25) is 0 Å². The van der Waals surface area contributed by atoms with Gasteiger partial charge in [0.25, 0.3) is 5.91 Å². The number of nitrogens with two attached hydrogens (primary N) is 1. The average molecular weight is 526 g/mol. The maximum Gasteiger partial charge on any atom is 0.254 e. The van der Waals surface area contributed by atoms with Gasteiger partial charge in [-0.15, -0.1) is 0 Å². The minimum atomic E-state index is 0.116. The van der Waals surface area contributed by atoms with Gasteiger partial charge in [0.15, 0.2) is 11.6 Å². The highest BCUT2D eigenvalue weighted by Crippen LogP contribution is 2.27. The summed E-state index contributed by atoms with van der Waals surface area (Å²) in [5.41, 5.74) is 9.05. The van der Waals surface area contributed by atoms with E-state index in [9.17, 15) is 4.79 Å². The molecule has 2 fully saturated rings. The SMILES string of the molecule is Nc1ncc(-c2ccc(C(=O)N3CCC[C@@H]3C[NH+]3CCCC3)cc2)nc1NCc1c(Cl)cccc1Cl. The zero-order chi connectivity index (χ0) is 25.1. The lowest BCUT2D eigenvalue weighted by Crippen LogP contribution is -3.11. The molecule has 2 aliphatic rings. The van der Waals surface area contributed by atoms with Crippen LogP contribution in [0.4, 0.5) is 11.6 Å². The fraction of sp³-hybridized carbons (Fsp3) is 0.370. The number of aromatic nitrogens is 2. The lowest BCUT2D eigenvalue weighted by atomic mass is 10.1. The molecule has 0 bridgehead atoms. The van der Waals surface area contributed by atoms with Crippen molar-refractivity contribution in [2.45, 2.75) is 38.3 Å². The second kappa shape index (κ2) is 11.0. The van der Waals surface area contributed by atoms with Gasteiger partial charge in [-0.1, -0.05) is 41.4 Å². The number of carbonyl (C=O) groups is 1. The van der Waals surface area contributed by atoms with Crippen molar-refractivity contribution in [2.75, 3.05) is 37.2 Å². The van der Waals surface area contributed by atoms with Gasteiger partial charge in [-0.3, -0.25) is 4.79 Å². The summed E-state index contributed by atoms with van der Waals surface area (Å²) in [4.78, 5) is 26.0. The number of hydrogen-bond donors (Lipinski definition) is 3. The number of nitrogens with zero attached hydrogens (tertiary/aromatic N) is 3. The molecule has 0 radical (unpaired) electrons. The maximum absolute atomic E-state index is 13.3. The number of nitrogens with one attached hydrogen (secondary N) is 2. The van der Waals surface area contributed by atoms with E-state index in [1.807, 2.05) is 24.3 Å². The molecular weight excluding hydrogens is 495 g/mol. The molecule has 1 aromatic heterocycles. The monoisotopic (exact) mass is 525 g/mol. The zero-order valence-electron chi connectivity index (χ0n) is 20.1. The van der Waals surface area contributed by atoms with Gasteiger partial charge in [0, 0.05) is 52.7 Å². The predicted octanol–water partition coefficient (Wildman–Crippen LogP) is 3.93. The lowest BCUT2D eigenvalue weighted by molar-refractivity contribution is -0.889. The first-order chi connectivity index (χ1) is 17.5. The van der Waals surface area contributed by atoms with Gasteiger partial charge in [-0.25, -0.2) is 9.97 Å². The van der Waals surface area contributed by atoms with Crippen molar-refractivity contribution in [2.24, 2.45) is 0 Å². The van der Waals surface area contributed by atoms with Crippen LogP contribution in [0, 0.1) is 0 Å². The maximum atomic E-state index is 13.3. The zero-order valence-corrected chi connectivity index (χ0v) is 21.7. The minimum absolute atomic E-state index is 0.116. The van der Waals surface area contributed by atoms with Crippen molar-refractivity contribution in [3.8, 4) is 11.3 Å². The Balaban J connectivity index is 1.28. The van der Waals surface area contributed by atoms with E-state index in [1.165, 1.54) is 25.9 Å². The number of likely N-dealkylation sites (tertiary alicyclic amines) is 2. The molecule has 5 rings (SSSR count). The first-order valence-electron chi connectivity index (χ1n) is 12.5. The number of nitrogen functional groups attached to an aromatic ring is 1. The summed E-state index contributed by atoms with van der Waals surface area (Å²) in [5, 5.41) is 4.33. The van der Waals surface area contributed by atoms with E-state index in [2.05, 4.69) is 20.2 Å². The third kappa shape index (κ3) is 5.43. The Morgan fingerprint density at radius 1 is 1.08 bits per heavy atom. The third-order valence-corrected chi connectivity index (χ3v) is 7.90. The van der Waals surface area contributed by atoms with E-state index >= 15 is 0 Å². The Kier molecular flexibility index (Phi) is 7.60. The van der Waals surface area contributed by atoms with Crippen LogP contribution in [0.3, 0.4) is 0 Å². The Bertz CT molecular complexity index is 1210. The molecule has 0 aliphatic carbocycles. The first-order valence-corrected chi connectivity index (χ1v) is 13.3. The molecule has 188 valence electrons. The second-order valence-electron chi connectivity index (χ2n) is 9.58. The van der Waals surface area contributed by atoms with E-state index in [1.54, 1.807) is 29.3 Å². The normalized spacial score (nSPS) is 18.1. The first kappa shape index (κ1) is 24.8. The van der Waals surface area contributed by atoms with Crippen LogP contribution in [0.1, 0.15) is 41.6 Å². The van der Waals surface area contributed by atoms with E-state index in [0.717, 1.165) is 37.1 Å². The van der Waals surface area contributed by atoms with Crippen LogP contribution in [-0.4, -0.2) is 53.0 Å². The van der Waals surface area contributed by atoms with Gasteiger partial charge >= 0.3 is 0 Å². The Morgan fingerprint density at radius 3 is 2.53 bits per heavy atom. The Morgan fingerprint density at radius 2 is 1.81 bits per heavy atom. The van der Waals surface area contributed by atoms with Crippen molar-refractivity contribution in [3.63, 3.8) is 0 Å². The molecule has 36 heavy (non-hydrogen) atoms. The third-order valence-electron chi connectivity index (χ3n) is 7.20. The fourth-order valence-corrected chi connectivity index (χ4v) is 5.75. The van der Waals surface area contributed by atoms with Gasteiger partial charge in [0.05, 0.1) is 37.6 Å². The number of amides is 1. The highest BCUT2D eigenvalue weighted by atomic mass is 35.5. The van der Waals surface area contributed by atoms with Crippen molar-refractivity contribution < 1.29 is 9.69 Å². The lowest BCUT2D eigenvalue weighted by Gasteiger charge is -2.26. The molecule has 3 aromatic rings. The molecule has 4 N–H and O–H groups in total. The number of anilines is 2. The van der Waals surface area contributed by atoms with Gasteiger partial charge in [-0.2, -0.15) is 0 Å². The van der Waals surface area contributed by atoms with E-state index in [0.29, 0.717) is 39.7 Å². The van der Waals surface area contributed by atoms with Crippen molar-refractivity contribution in [1.82, 2.24) is 14.9 Å². The van der Waals surface area contributed by atoms with Crippen molar-refractivity contribution >= 4 is 40.7 Å². The molecule has 1 atom stereocenters. The van der Waals surface area contributed by atoms with Crippen LogP contribution >= 0.6 is 23.2 Å². The molecule has 0 unspecified atom stereocenters. The van der Waals surface area contributed by atoms with Crippen LogP contribution in [0.15, 0.2) is 48.7 Å². The molecule has 0 saturated carbocycles. The molecule has 2 aliphatic heterocycles. The largest absolute Gasteiger partial charge is 0.381 e. The minimum Gasteiger partial charge on any atom is -0.381 e. The average Bonchev–Trinajstić information content (AvgIpc) is 3.57. The molecule has 3 heterocycles. The van der Waals surface area contributed by atoms with Gasteiger partial charge < -0.3 is 20.9 Å². The highest BCUT2D eigenvalue weighted by Gasteiger charge is 2.33. The summed E-state index contributed by atoms with van der Waals surface area (Å²) in [7, 11) is 0. The van der Waals surface area contributed by atoms with Crippen molar-refractivity contribution in [3.05, 3.63) is 69.8 Å². The number of carbonyl (C=O) groups excluding carboxylic acids is 1. The van der Waals surface area contributed by atoms with E-state index in [4.69, 9.17) is 28.9 Å². The van der Waals surface area contributed by atoms with Crippen LogP contribution in [0.2, 0.25) is 10.0 Å². The molecule has 1 amide bonds. The molecule has 9 heteroatoms. The van der Waals surface area contributed by atoms with E-state index < -0.39 is 0 Å². The highest BCUT2D eigenvalue weighted by molar-refractivity contribution is 6.36. The number of halogens is 2. The standard InChI is InChI=1S/C27H30Cl2N6O/c28-22-6-3-7-23(29)21(22)15-32-26-25(30)31-16-24(33-26)18-8-10-19(11-9-18)27(36)35-14-4-5-20(35)17-34-12-1-2-13-34/h3,6-11,16,20H,1-2,4-5,12-15,17H2,(H2,30,31)(H,32,33)/p+1/t20-/m1/s1. The second-order valence-corrected chi connectivity index (χ2v) is 10.4. The van der Waals surface area contributed by atoms with Crippen LogP contribution in [0.5, 0.6) is 0 Å². The summed E-state index contributed by atoms with van der Waals surface area (Å²) in [5.74, 6) is 0.854. The molecular formula is C27H31Cl2N6O+. The van der Waals surface area contributed by atoms with Crippen molar-refractivity contribution in [1.29, 1.82) is 0 Å². The van der Waals surface area contributed by atoms with Crippen LogP contribution in [0.25, 0.3) is 11.3 Å². The Labute approximate surface area is 221 Å². The van der Waals surface area contributed by atoms with Gasteiger partial charge in [0.1, 0.15) is 0 Å². The molecule has 2 aromatic carbocycles. The molecule has 7 nitrogen and oxygen atoms in total. The number of hydrogen-bond acceptors (Lipinski definition) is 5.